The van der Waals surface area contributed by atoms with Gasteiger partial charge in [-0.1, -0.05) is 110 Å². The highest BCUT2D eigenvalue weighted by molar-refractivity contribution is 4.50. The van der Waals surface area contributed by atoms with E-state index >= 15 is 0 Å². The van der Waals surface area contributed by atoms with Crippen LogP contribution < -0.4 is 0 Å². The van der Waals surface area contributed by atoms with Crippen LogP contribution >= 0.6 is 0 Å². The van der Waals surface area contributed by atoms with Gasteiger partial charge in [0.1, 0.15) is 6.54 Å². The standard InChI is InChI=1S/C31H66NO4/c1-6-8-9-10-11-12-13-14-15-16-17-18-19-20-21-22-25-33-26-23-27-35-31(7-2)36-30-29-34-28-24-32(3,4)5/h31H,6-30H2,1-5H3/q+1. The molecule has 0 heterocycles. The first kappa shape index (κ1) is 35.8. The van der Waals surface area contributed by atoms with Gasteiger partial charge in [0.15, 0.2) is 6.29 Å². The maximum atomic E-state index is 5.83. The Balaban J connectivity index is 3.24. The monoisotopic (exact) mass is 516 g/mol. The van der Waals surface area contributed by atoms with Gasteiger partial charge in [-0.2, -0.15) is 0 Å². The summed E-state index contributed by atoms with van der Waals surface area (Å²) in [6, 6.07) is 0. The fourth-order valence-electron chi connectivity index (χ4n) is 4.19. The predicted molar refractivity (Wildman–Crippen MR) is 155 cm³/mol. The van der Waals surface area contributed by atoms with E-state index in [0.29, 0.717) is 19.8 Å². The van der Waals surface area contributed by atoms with Gasteiger partial charge in [0.2, 0.25) is 0 Å². The van der Waals surface area contributed by atoms with Crippen LogP contribution in [0.15, 0.2) is 0 Å². The Morgan fingerprint density at radius 1 is 0.444 bits per heavy atom. The molecule has 0 amide bonds. The summed E-state index contributed by atoms with van der Waals surface area (Å²) >= 11 is 0. The Morgan fingerprint density at radius 3 is 1.39 bits per heavy atom. The molecule has 36 heavy (non-hydrogen) atoms. The molecule has 5 nitrogen and oxygen atoms in total. The third kappa shape index (κ3) is 30.0. The Kier molecular flexibility index (Phi) is 27.7. The number of rotatable bonds is 30. The molecule has 218 valence electrons. The fourth-order valence-corrected chi connectivity index (χ4v) is 4.19. The average Bonchev–Trinajstić information content (AvgIpc) is 2.85. The summed E-state index contributed by atoms with van der Waals surface area (Å²) < 4.78 is 23.9. The van der Waals surface area contributed by atoms with Crippen molar-refractivity contribution in [3.8, 4) is 0 Å². The van der Waals surface area contributed by atoms with Crippen molar-refractivity contribution in [3.63, 3.8) is 0 Å². The smallest absolute Gasteiger partial charge is 0.157 e. The molecule has 1 unspecified atom stereocenters. The van der Waals surface area contributed by atoms with Crippen LogP contribution in [0.4, 0.5) is 0 Å². The minimum atomic E-state index is -0.132. The van der Waals surface area contributed by atoms with E-state index in [1.807, 2.05) is 0 Å². The van der Waals surface area contributed by atoms with Crippen LogP contribution in [0.1, 0.15) is 129 Å². The molecular weight excluding hydrogens is 450 g/mol. The van der Waals surface area contributed by atoms with Gasteiger partial charge in [-0.3, -0.25) is 0 Å². The van der Waals surface area contributed by atoms with Crippen molar-refractivity contribution in [2.75, 3.05) is 67.3 Å². The highest BCUT2D eigenvalue weighted by Gasteiger charge is 2.08. The molecule has 0 aromatic carbocycles. The zero-order valence-electron chi connectivity index (χ0n) is 25.3. The molecule has 0 aromatic rings. The van der Waals surface area contributed by atoms with Gasteiger partial charge >= 0.3 is 0 Å². The van der Waals surface area contributed by atoms with E-state index in [1.54, 1.807) is 0 Å². The molecule has 0 radical (unpaired) electrons. The van der Waals surface area contributed by atoms with Crippen LogP contribution in [-0.2, 0) is 18.9 Å². The second-order valence-electron chi connectivity index (χ2n) is 11.5. The zero-order chi connectivity index (χ0) is 26.6. The van der Waals surface area contributed by atoms with E-state index in [9.17, 15) is 0 Å². The third-order valence-electron chi connectivity index (χ3n) is 6.65. The van der Waals surface area contributed by atoms with E-state index in [4.69, 9.17) is 18.9 Å². The molecule has 0 N–H and O–H groups in total. The maximum Gasteiger partial charge on any atom is 0.157 e. The topological polar surface area (TPSA) is 36.9 Å². The first-order valence-corrected chi connectivity index (χ1v) is 15.7. The van der Waals surface area contributed by atoms with E-state index in [-0.39, 0.29) is 6.29 Å². The van der Waals surface area contributed by atoms with Crippen molar-refractivity contribution in [2.24, 2.45) is 0 Å². The highest BCUT2D eigenvalue weighted by atomic mass is 16.7. The second-order valence-corrected chi connectivity index (χ2v) is 11.5. The maximum absolute atomic E-state index is 5.83. The normalized spacial score (nSPS) is 12.9. The summed E-state index contributed by atoms with van der Waals surface area (Å²) in [5, 5.41) is 0. The number of hydrogen-bond acceptors (Lipinski definition) is 4. The van der Waals surface area contributed by atoms with Crippen molar-refractivity contribution in [1.82, 2.24) is 0 Å². The summed E-state index contributed by atoms with van der Waals surface area (Å²) in [5.74, 6) is 0. The highest BCUT2D eigenvalue weighted by Crippen LogP contribution is 2.13. The van der Waals surface area contributed by atoms with Gasteiger partial charge in [-0.15, -0.1) is 0 Å². The quantitative estimate of drug-likeness (QED) is 0.0548. The zero-order valence-corrected chi connectivity index (χ0v) is 25.3. The predicted octanol–water partition coefficient (Wildman–Crippen LogP) is 8.15. The molecule has 0 rings (SSSR count). The van der Waals surface area contributed by atoms with Gasteiger partial charge in [0.05, 0.1) is 47.6 Å². The van der Waals surface area contributed by atoms with Crippen LogP contribution in [0.25, 0.3) is 0 Å². The Bertz CT molecular complexity index is 414. The van der Waals surface area contributed by atoms with Crippen molar-refractivity contribution in [3.05, 3.63) is 0 Å². The van der Waals surface area contributed by atoms with Crippen LogP contribution in [-0.4, -0.2) is 78.1 Å². The molecule has 0 aliphatic heterocycles. The number of likely N-dealkylation sites (N-methyl/N-ethyl adjacent to an activating group) is 1. The minimum absolute atomic E-state index is 0.132. The van der Waals surface area contributed by atoms with Crippen LogP contribution in [0.5, 0.6) is 0 Å². The Labute approximate surface area is 226 Å². The van der Waals surface area contributed by atoms with Crippen LogP contribution in [0.3, 0.4) is 0 Å². The average molecular weight is 517 g/mol. The Morgan fingerprint density at radius 2 is 0.889 bits per heavy atom. The number of hydrogen-bond donors (Lipinski definition) is 0. The van der Waals surface area contributed by atoms with E-state index in [1.165, 1.54) is 103 Å². The molecular formula is C31H66NO4+. The van der Waals surface area contributed by atoms with Gasteiger partial charge in [-0.05, 0) is 19.3 Å². The van der Waals surface area contributed by atoms with Crippen LogP contribution in [0, 0.1) is 0 Å². The van der Waals surface area contributed by atoms with E-state index < -0.39 is 0 Å². The SMILES string of the molecule is CCCCCCCCCCCCCCCCCCOCCCOC(CC)OCCOCC[N+](C)(C)C. The second kappa shape index (κ2) is 27.8. The first-order valence-electron chi connectivity index (χ1n) is 15.7. The molecule has 0 bridgehead atoms. The molecule has 0 saturated heterocycles. The van der Waals surface area contributed by atoms with Crippen molar-refractivity contribution < 1.29 is 23.4 Å². The molecule has 0 aromatic heterocycles. The summed E-state index contributed by atoms with van der Waals surface area (Å²) in [4.78, 5) is 0. The summed E-state index contributed by atoms with van der Waals surface area (Å²) in [6.07, 6.45) is 24.1. The van der Waals surface area contributed by atoms with Gasteiger partial charge in [-0.25, -0.2) is 0 Å². The molecule has 5 heteroatoms. The molecule has 0 aliphatic rings. The largest absolute Gasteiger partial charge is 0.381 e. The number of ether oxygens (including phenoxy) is 4. The van der Waals surface area contributed by atoms with Crippen molar-refractivity contribution >= 4 is 0 Å². The van der Waals surface area contributed by atoms with E-state index in [2.05, 4.69) is 35.0 Å². The van der Waals surface area contributed by atoms with Crippen molar-refractivity contribution in [2.45, 2.75) is 136 Å². The summed E-state index contributed by atoms with van der Waals surface area (Å²) in [7, 11) is 6.52. The van der Waals surface area contributed by atoms with Crippen molar-refractivity contribution in [1.29, 1.82) is 0 Å². The lowest BCUT2D eigenvalue weighted by Crippen LogP contribution is -2.37. The minimum Gasteiger partial charge on any atom is -0.381 e. The lowest BCUT2D eigenvalue weighted by Gasteiger charge is -2.23. The number of nitrogens with zero attached hydrogens (tertiary/aromatic N) is 1. The van der Waals surface area contributed by atoms with Crippen LogP contribution in [0.2, 0.25) is 0 Å². The Hall–Kier alpha value is -0.200. The molecule has 0 aliphatic carbocycles. The molecule has 0 fully saturated rings. The fraction of sp³-hybridized carbons (Fsp3) is 1.00. The molecule has 0 spiro atoms. The van der Waals surface area contributed by atoms with E-state index in [0.717, 1.165) is 43.7 Å². The van der Waals surface area contributed by atoms with Gasteiger partial charge in [0, 0.05) is 13.2 Å². The van der Waals surface area contributed by atoms with Gasteiger partial charge < -0.3 is 23.4 Å². The summed E-state index contributed by atoms with van der Waals surface area (Å²) in [6.45, 7) is 9.74. The molecule has 0 saturated carbocycles. The third-order valence-corrected chi connectivity index (χ3v) is 6.65. The number of quaternary nitrogens is 1. The number of unbranched alkanes of at least 4 members (excludes halogenated alkanes) is 15. The van der Waals surface area contributed by atoms with Gasteiger partial charge in [0.25, 0.3) is 0 Å². The molecule has 1 atom stereocenters. The summed E-state index contributed by atoms with van der Waals surface area (Å²) in [5.41, 5.74) is 0. The lowest BCUT2D eigenvalue weighted by atomic mass is 10.0. The first-order chi connectivity index (χ1) is 17.5. The lowest BCUT2D eigenvalue weighted by molar-refractivity contribution is -0.870.